The number of carbonyl (C=O) groups excluding carboxylic acids is 1. The third kappa shape index (κ3) is 2.88. The number of nitrogens with one attached hydrogen (secondary N) is 1. The molecule has 0 bridgehead atoms. The third-order valence-electron chi connectivity index (χ3n) is 4.16. The van der Waals surface area contributed by atoms with Gasteiger partial charge < -0.3 is 14.8 Å². The molecule has 0 spiro atoms. The summed E-state index contributed by atoms with van der Waals surface area (Å²) in [7, 11) is 1.87. The zero-order chi connectivity index (χ0) is 15.7. The van der Waals surface area contributed by atoms with Crippen LogP contribution >= 0.6 is 0 Å². The molecule has 1 N–H and O–H groups in total. The first kappa shape index (κ1) is 14.7. The number of piperidine rings is 1. The van der Waals surface area contributed by atoms with E-state index in [0.29, 0.717) is 29.8 Å². The van der Waals surface area contributed by atoms with Gasteiger partial charge in [-0.3, -0.25) is 4.79 Å². The summed E-state index contributed by atoms with van der Waals surface area (Å²) in [5.74, 6) is 1.98. The molecule has 1 fully saturated rings. The van der Waals surface area contributed by atoms with Gasteiger partial charge in [-0.15, -0.1) is 0 Å². The molecule has 2 atom stereocenters. The number of likely N-dealkylation sites (N-methyl/N-ethyl adjacent to an activating group) is 1. The highest BCUT2D eigenvalue weighted by Gasteiger charge is 2.26. The summed E-state index contributed by atoms with van der Waals surface area (Å²) in [6, 6.07) is 0. The van der Waals surface area contributed by atoms with Gasteiger partial charge in [0.2, 0.25) is 5.91 Å². The number of aromatic nitrogens is 4. The van der Waals surface area contributed by atoms with Gasteiger partial charge in [-0.25, -0.2) is 15.0 Å². The highest BCUT2D eigenvalue weighted by Crippen LogP contribution is 2.22. The Hall–Kier alpha value is -2.18. The van der Waals surface area contributed by atoms with Crippen LogP contribution in [0.5, 0.6) is 0 Å². The van der Waals surface area contributed by atoms with E-state index in [1.807, 2.05) is 16.8 Å². The minimum Gasteiger partial charge on any atom is -0.348 e. The van der Waals surface area contributed by atoms with Crippen molar-refractivity contribution in [1.82, 2.24) is 24.8 Å². The molecule has 1 aliphatic rings. The van der Waals surface area contributed by atoms with Crippen LogP contribution in [0.1, 0.15) is 20.3 Å². The van der Waals surface area contributed by atoms with Crippen LogP contribution in [0.3, 0.4) is 0 Å². The molecule has 2 aromatic heterocycles. The molecule has 22 heavy (non-hydrogen) atoms. The lowest BCUT2D eigenvalue weighted by Crippen LogP contribution is -2.46. The monoisotopic (exact) mass is 302 g/mol. The van der Waals surface area contributed by atoms with E-state index in [2.05, 4.69) is 33.8 Å². The Morgan fingerprint density at radius 3 is 2.77 bits per heavy atom. The zero-order valence-corrected chi connectivity index (χ0v) is 13.3. The van der Waals surface area contributed by atoms with Crippen molar-refractivity contribution in [3.63, 3.8) is 0 Å². The number of anilines is 1. The van der Waals surface area contributed by atoms with Crippen LogP contribution in [0.4, 0.5) is 5.82 Å². The van der Waals surface area contributed by atoms with Crippen molar-refractivity contribution in [3.05, 3.63) is 12.7 Å². The van der Waals surface area contributed by atoms with Crippen LogP contribution in [0, 0.1) is 11.8 Å². The van der Waals surface area contributed by atoms with Crippen LogP contribution in [-0.2, 0) is 4.79 Å². The Labute approximate surface area is 129 Å². The number of carbonyl (C=O) groups is 1. The number of amides is 1. The van der Waals surface area contributed by atoms with Gasteiger partial charge in [-0.2, -0.15) is 0 Å². The first-order valence-electron chi connectivity index (χ1n) is 7.67. The van der Waals surface area contributed by atoms with Crippen LogP contribution in [0.15, 0.2) is 12.7 Å². The lowest BCUT2D eigenvalue weighted by atomic mass is 9.92. The number of hydrogen-bond acceptors (Lipinski definition) is 5. The second kappa shape index (κ2) is 5.90. The number of likely N-dealkylation sites (tertiary alicyclic amines) is 1. The summed E-state index contributed by atoms with van der Waals surface area (Å²) in [6.45, 7) is 6.42. The largest absolute Gasteiger partial charge is 0.348 e. The van der Waals surface area contributed by atoms with Gasteiger partial charge in [0.05, 0.1) is 12.9 Å². The van der Waals surface area contributed by atoms with Crippen LogP contribution in [0.25, 0.3) is 11.2 Å². The van der Waals surface area contributed by atoms with Crippen LogP contribution in [0.2, 0.25) is 0 Å². The minimum absolute atomic E-state index is 0.146. The predicted molar refractivity (Wildman–Crippen MR) is 84.5 cm³/mol. The van der Waals surface area contributed by atoms with Crippen LogP contribution in [-0.4, -0.2) is 57.4 Å². The van der Waals surface area contributed by atoms with Gasteiger partial charge in [-0.1, -0.05) is 13.8 Å². The normalized spacial score (nSPS) is 22.0. The van der Waals surface area contributed by atoms with Crippen molar-refractivity contribution in [3.8, 4) is 0 Å². The second-order valence-corrected chi connectivity index (χ2v) is 6.40. The average Bonchev–Trinajstić information content (AvgIpc) is 2.94. The van der Waals surface area contributed by atoms with E-state index in [4.69, 9.17) is 0 Å². The van der Waals surface area contributed by atoms with Crippen molar-refractivity contribution >= 4 is 22.9 Å². The molecule has 0 saturated carbocycles. The Bertz CT molecular complexity index is 659. The van der Waals surface area contributed by atoms with Gasteiger partial charge in [0.25, 0.3) is 0 Å². The maximum atomic E-state index is 12.6. The van der Waals surface area contributed by atoms with Crippen LogP contribution < -0.4 is 4.90 Å². The fraction of sp³-hybridized carbons (Fsp3) is 0.600. The molecule has 1 amide bonds. The standard InChI is InChI=1S/C15H22N6O/c1-10-4-11(2)6-21(5-10)12(22)7-20(3)15-13-14(17-8-16-13)18-9-19-15/h8-11H,4-7H2,1-3H3,(H,16,17,18,19)/t10-,11+. The minimum atomic E-state index is 0.146. The molecule has 118 valence electrons. The van der Waals surface area contributed by atoms with E-state index in [-0.39, 0.29) is 5.91 Å². The molecule has 7 heteroatoms. The molecular weight excluding hydrogens is 280 g/mol. The predicted octanol–water partition coefficient (Wildman–Crippen LogP) is 1.29. The Morgan fingerprint density at radius 2 is 2.05 bits per heavy atom. The molecule has 0 radical (unpaired) electrons. The first-order valence-corrected chi connectivity index (χ1v) is 7.67. The number of aromatic amines is 1. The summed E-state index contributed by atoms with van der Waals surface area (Å²) in [4.78, 5) is 31.9. The zero-order valence-electron chi connectivity index (χ0n) is 13.3. The summed E-state index contributed by atoms with van der Waals surface area (Å²) < 4.78 is 0. The van der Waals surface area contributed by atoms with Crippen molar-refractivity contribution in [2.75, 3.05) is 31.6 Å². The fourth-order valence-electron chi connectivity index (χ4n) is 3.29. The number of imidazole rings is 1. The van der Waals surface area contributed by atoms with E-state index < -0.39 is 0 Å². The van der Waals surface area contributed by atoms with E-state index in [0.717, 1.165) is 18.6 Å². The maximum absolute atomic E-state index is 12.6. The van der Waals surface area contributed by atoms with Gasteiger partial charge in [0, 0.05) is 20.1 Å². The van der Waals surface area contributed by atoms with Gasteiger partial charge >= 0.3 is 0 Å². The fourth-order valence-corrected chi connectivity index (χ4v) is 3.29. The molecule has 2 aromatic rings. The Morgan fingerprint density at radius 1 is 1.32 bits per heavy atom. The molecule has 0 aliphatic carbocycles. The van der Waals surface area contributed by atoms with Gasteiger partial charge in [0.15, 0.2) is 11.5 Å². The summed E-state index contributed by atoms with van der Waals surface area (Å²) >= 11 is 0. The lowest BCUT2D eigenvalue weighted by molar-refractivity contribution is -0.132. The highest BCUT2D eigenvalue weighted by molar-refractivity contribution is 5.87. The SMILES string of the molecule is C[C@@H]1C[C@H](C)CN(C(=O)CN(C)c2ncnc3nc[nH]c23)C1. The van der Waals surface area contributed by atoms with E-state index >= 15 is 0 Å². The molecular formula is C15H22N6O. The van der Waals surface area contributed by atoms with Crippen molar-refractivity contribution in [2.45, 2.75) is 20.3 Å². The molecule has 1 aliphatic heterocycles. The van der Waals surface area contributed by atoms with E-state index in [9.17, 15) is 4.79 Å². The molecule has 3 heterocycles. The second-order valence-electron chi connectivity index (χ2n) is 6.40. The number of hydrogen-bond donors (Lipinski definition) is 1. The number of H-pyrrole nitrogens is 1. The number of rotatable bonds is 3. The molecule has 0 aromatic carbocycles. The summed E-state index contributed by atoms with van der Waals surface area (Å²) in [6.07, 6.45) is 4.26. The smallest absolute Gasteiger partial charge is 0.242 e. The van der Waals surface area contributed by atoms with E-state index in [1.54, 1.807) is 6.33 Å². The van der Waals surface area contributed by atoms with Gasteiger partial charge in [-0.05, 0) is 18.3 Å². The topological polar surface area (TPSA) is 78.0 Å². The third-order valence-corrected chi connectivity index (χ3v) is 4.16. The first-order chi connectivity index (χ1) is 10.5. The maximum Gasteiger partial charge on any atom is 0.242 e. The average molecular weight is 302 g/mol. The number of nitrogens with zero attached hydrogens (tertiary/aromatic N) is 5. The van der Waals surface area contributed by atoms with Crippen molar-refractivity contribution in [1.29, 1.82) is 0 Å². The highest BCUT2D eigenvalue weighted by atomic mass is 16.2. The van der Waals surface area contributed by atoms with E-state index in [1.165, 1.54) is 12.7 Å². The van der Waals surface area contributed by atoms with Crippen molar-refractivity contribution < 1.29 is 4.79 Å². The van der Waals surface area contributed by atoms with Crippen molar-refractivity contribution in [2.24, 2.45) is 11.8 Å². The van der Waals surface area contributed by atoms with Gasteiger partial charge in [0.1, 0.15) is 11.8 Å². The molecule has 1 saturated heterocycles. The number of fused-ring (bicyclic) bond motifs is 1. The Kier molecular flexibility index (Phi) is 3.96. The lowest BCUT2D eigenvalue weighted by Gasteiger charge is -2.36. The molecule has 0 unspecified atom stereocenters. The molecule has 3 rings (SSSR count). The molecule has 7 nitrogen and oxygen atoms in total. The summed E-state index contributed by atoms with van der Waals surface area (Å²) in [5, 5.41) is 0. The summed E-state index contributed by atoms with van der Waals surface area (Å²) in [5.41, 5.74) is 1.38. The Balaban J connectivity index is 1.72. The quantitative estimate of drug-likeness (QED) is 0.924.